The minimum absolute atomic E-state index is 0.0429. The van der Waals surface area contributed by atoms with E-state index in [0.717, 1.165) is 6.42 Å². The molecule has 3 N–H and O–H groups in total. The van der Waals surface area contributed by atoms with Crippen molar-refractivity contribution in [1.29, 1.82) is 0 Å². The van der Waals surface area contributed by atoms with Crippen LogP contribution < -0.4 is 10.6 Å². The van der Waals surface area contributed by atoms with E-state index in [9.17, 15) is 18.7 Å². The Bertz CT molecular complexity index is 484. The van der Waals surface area contributed by atoms with E-state index in [1.54, 1.807) is 0 Å². The van der Waals surface area contributed by atoms with Crippen LogP contribution in [-0.4, -0.2) is 66.6 Å². The molecule has 5 atom stereocenters. The highest BCUT2D eigenvalue weighted by molar-refractivity contribution is 5.76. The van der Waals surface area contributed by atoms with Gasteiger partial charge in [-0.2, -0.15) is 0 Å². The SMILES string of the molecule is CCCNC(=O)CC1CC2OC(CNC3CCC(F)(F)CC3)C(O)C2O1. The van der Waals surface area contributed by atoms with Crippen molar-refractivity contribution in [3.63, 3.8) is 0 Å². The number of rotatable bonds is 7. The molecule has 0 aromatic rings. The van der Waals surface area contributed by atoms with Gasteiger partial charge in [0.1, 0.15) is 12.2 Å². The number of hydrogen-bond donors (Lipinski definition) is 3. The first-order valence-corrected chi connectivity index (χ1v) is 9.75. The van der Waals surface area contributed by atoms with Crippen LogP contribution in [0.2, 0.25) is 0 Å². The topological polar surface area (TPSA) is 79.8 Å². The Kier molecular flexibility index (Phi) is 6.48. The molecule has 0 bridgehead atoms. The van der Waals surface area contributed by atoms with E-state index in [4.69, 9.17) is 9.47 Å². The maximum atomic E-state index is 13.2. The molecule has 26 heavy (non-hydrogen) atoms. The van der Waals surface area contributed by atoms with Gasteiger partial charge in [-0.1, -0.05) is 6.92 Å². The number of hydrogen-bond acceptors (Lipinski definition) is 5. The average Bonchev–Trinajstić information content (AvgIpc) is 3.11. The summed E-state index contributed by atoms with van der Waals surface area (Å²) in [5.74, 6) is -2.58. The summed E-state index contributed by atoms with van der Waals surface area (Å²) in [6.07, 6.45) is 0.437. The first-order valence-electron chi connectivity index (χ1n) is 9.75. The van der Waals surface area contributed by atoms with Gasteiger partial charge in [-0.25, -0.2) is 8.78 Å². The number of nitrogens with one attached hydrogen (secondary N) is 2. The van der Waals surface area contributed by atoms with Crippen LogP contribution in [0.15, 0.2) is 0 Å². The summed E-state index contributed by atoms with van der Waals surface area (Å²) in [7, 11) is 0. The molecule has 0 spiro atoms. The largest absolute Gasteiger partial charge is 0.388 e. The van der Waals surface area contributed by atoms with E-state index in [-0.39, 0.29) is 43.4 Å². The van der Waals surface area contributed by atoms with Gasteiger partial charge in [0.15, 0.2) is 0 Å². The fourth-order valence-electron chi connectivity index (χ4n) is 4.08. The van der Waals surface area contributed by atoms with Crippen molar-refractivity contribution in [2.45, 2.75) is 94.4 Å². The number of ether oxygens (including phenoxy) is 2. The van der Waals surface area contributed by atoms with E-state index in [2.05, 4.69) is 10.6 Å². The number of aliphatic hydroxyl groups is 1. The minimum atomic E-state index is -2.54. The van der Waals surface area contributed by atoms with Crippen molar-refractivity contribution in [2.24, 2.45) is 0 Å². The molecule has 6 nitrogen and oxygen atoms in total. The van der Waals surface area contributed by atoms with Crippen molar-refractivity contribution >= 4 is 5.91 Å². The standard InChI is InChI=1S/C18H30F2N2O4/c1-2-7-21-15(23)9-12-8-13-17(25-12)16(24)14(26-13)10-22-11-3-5-18(19,20)6-4-11/h11-14,16-17,22,24H,2-10H2,1H3,(H,21,23). The van der Waals surface area contributed by atoms with Gasteiger partial charge in [0.25, 0.3) is 0 Å². The molecule has 2 aliphatic heterocycles. The van der Waals surface area contributed by atoms with E-state index in [0.29, 0.717) is 32.4 Å². The molecule has 1 aliphatic carbocycles. The molecule has 0 aromatic heterocycles. The second-order valence-electron chi connectivity index (χ2n) is 7.75. The number of fused-ring (bicyclic) bond motifs is 1. The monoisotopic (exact) mass is 376 g/mol. The van der Waals surface area contributed by atoms with Gasteiger partial charge in [0.2, 0.25) is 11.8 Å². The zero-order valence-corrected chi connectivity index (χ0v) is 15.3. The van der Waals surface area contributed by atoms with Gasteiger partial charge >= 0.3 is 0 Å². The zero-order valence-electron chi connectivity index (χ0n) is 15.3. The van der Waals surface area contributed by atoms with Crippen molar-refractivity contribution in [1.82, 2.24) is 10.6 Å². The maximum absolute atomic E-state index is 13.2. The highest BCUT2D eigenvalue weighted by Gasteiger charge is 2.50. The highest BCUT2D eigenvalue weighted by Crippen LogP contribution is 2.36. The Labute approximate surface area is 153 Å². The van der Waals surface area contributed by atoms with Gasteiger partial charge in [-0.05, 0) is 19.3 Å². The molecule has 1 amide bonds. The summed E-state index contributed by atoms with van der Waals surface area (Å²) < 4.78 is 38.1. The van der Waals surface area contributed by atoms with Gasteiger partial charge in [0, 0.05) is 38.4 Å². The van der Waals surface area contributed by atoms with Crippen molar-refractivity contribution in [3.05, 3.63) is 0 Å². The van der Waals surface area contributed by atoms with Crippen LogP contribution in [0.1, 0.15) is 51.9 Å². The lowest BCUT2D eigenvalue weighted by Gasteiger charge is -2.30. The van der Waals surface area contributed by atoms with Crippen molar-refractivity contribution in [3.8, 4) is 0 Å². The normalized spacial score (nSPS) is 36.8. The second kappa shape index (κ2) is 8.46. The summed E-state index contributed by atoms with van der Waals surface area (Å²) in [5.41, 5.74) is 0. The molecule has 2 heterocycles. The van der Waals surface area contributed by atoms with Crippen molar-refractivity contribution < 1.29 is 28.2 Å². The second-order valence-corrected chi connectivity index (χ2v) is 7.75. The number of carbonyl (C=O) groups is 1. The molecule has 2 saturated heterocycles. The van der Waals surface area contributed by atoms with Crippen LogP contribution in [0.4, 0.5) is 8.78 Å². The van der Waals surface area contributed by atoms with Crippen LogP contribution >= 0.6 is 0 Å². The highest BCUT2D eigenvalue weighted by atomic mass is 19.3. The van der Waals surface area contributed by atoms with E-state index < -0.39 is 24.2 Å². The van der Waals surface area contributed by atoms with Crippen LogP contribution in [0.25, 0.3) is 0 Å². The third-order valence-electron chi connectivity index (χ3n) is 5.59. The minimum Gasteiger partial charge on any atom is -0.388 e. The lowest BCUT2D eigenvalue weighted by Crippen LogP contribution is -2.44. The van der Waals surface area contributed by atoms with E-state index in [1.807, 2.05) is 6.92 Å². The van der Waals surface area contributed by atoms with Gasteiger partial charge in [-0.15, -0.1) is 0 Å². The summed E-state index contributed by atoms with van der Waals surface area (Å²) in [4.78, 5) is 11.8. The number of amides is 1. The summed E-state index contributed by atoms with van der Waals surface area (Å²) in [6.45, 7) is 3.07. The van der Waals surface area contributed by atoms with Crippen LogP contribution in [0.3, 0.4) is 0 Å². The zero-order chi connectivity index (χ0) is 18.7. The summed E-state index contributed by atoms with van der Waals surface area (Å²) in [6, 6.07) is 0.0433. The number of halogens is 2. The third-order valence-corrected chi connectivity index (χ3v) is 5.59. The van der Waals surface area contributed by atoms with Crippen LogP contribution in [0.5, 0.6) is 0 Å². The lowest BCUT2D eigenvalue weighted by atomic mass is 9.92. The molecule has 3 rings (SSSR count). The smallest absolute Gasteiger partial charge is 0.248 e. The molecule has 0 radical (unpaired) electrons. The molecule has 3 aliphatic rings. The van der Waals surface area contributed by atoms with Crippen LogP contribution in [-0.2, 0) is 14.3 Å². The molecule has 0 aromatic carbocycles. The van der Waals surface area contributed by atoms with Gasteiger partial charge in [0.05, 0.1) is 24.7 Å². The number of aliphatic hydroxyl groups excluding tert-OH is 1. The average molecular weight is 376 g/mol. The summed E-state index contributed by atoms with van der Waals surface area (Å²) >= 11 is 0. The fraction of sp³-hybridized carbons (Fsp3) is 0.944. The molecule has 5 unspecified atom stereocenters. The summed E-state index contributed by atoms with van der Waals surface area (Å²) in [5, 5.41) is 16.5. The Morgan fingerprint density at radius 2 is 2.00 bits per heavy atom. The fourth-order valence-corrected chi connectivity index (χ4v) is 4.08. The predicted molar refractivity (Wildman–Crippen MR) is 91.1 cm³/mol. The van der Waals surface area contributed by atoms with Crippen LogP contribution in [0, 0.1) is 0 Å². The van der Waals surface area contributed by atoms with Crippen molar-refractivity contribution in [2.75, 3.05) is 13.1 Å². The number of alkyl halides is 2. The van der Waals surface area contributed by atoms with Gasteiger partial charge < -0.3 is 25.2 Å². The lowest BCUT2D eigenvalue weighted by molar-refractivity contribution is -0.124. The molecule has 1 saturated carbocycles. The molecular formula is C18H30F2N2O4. The molecule has 150 valence electrons. The Morgan fingerprint density at radius 1 is 1.27 bits per heavy atom. The molecule has 3 fully saturated rings. The predicted octanol–water partition coefficient (Wildman–Crippen LogP) is 1.36. The van der Waals surface area contributed by atoms with E-state index in [1.165, 1.54) is 0 Å². The number of carbonyl (C=O) groups excluding carboxylic acids is 1. The first-order chi connectivity index (χ1) is 12.4. The third kappa shape index (κ3) is 4.91. The Morgan fingerprint density at radius 3 is 2.65 bits per heavy atom. The van der Waals surface area contributed by atoms with Gasteiger partial charge in [-0.3, -0.25) is 4.79 Å². The van der Waals surface area contributed by atoms with E-state index >= 15 is 0 Å². The maximum Gasteiger partial charge on any atom is 0.248 e. The Balaban J connectivity index is 1.39. The first kappa shape index (κ1) is 19.9. The molecule has 8 heteroatoms. The quantitative estimate of drug-likeness (QED) is 0.625. The molecular weight excluding hydrogens is 346 g/mol. The Hall–Kier alpha value is -0.830.